The summed E-state index contributed by atoms with van der Waals surface area (Å²) in [5, 5.41) is 1.43. The molecule has 0 atom stereocenters. The number of hydrogen-bond donors (Lipinski definition) is 0. The highest BCUT2D eigenvalue weighted by atomic mass is 35.5. The lowest BCUT2D eigenvalue weighted by atomic mass is 10.1. The van der Waals surface area contributed by atoms with Gasteiger partial charge in [-0.3, -0.25) is 4.79 Å². The smallest absolute Gasteiger partial charge is 0.374 e. The van der Waals surface area contributed by atoms with Crippen molar-refractivity contribution >= 4 is 46.6 Å². The molecule has 0 saturated heterocycles. The van der Waals surface area contributed by atoms with Crippen LogP contribution in [-0.4, -0.2) is 18.4 Å². The largest absolute Gasteiger partial charge is 0.451 e. The van der Waals surface area contributed by atoms with E-state index < -0.39 is 12.6 Å². The lowest BCUT2D eigenvalue weighted by Gasteiger charge is -2.03. The normalized spacial score (nSPS) is 10.6. The van der Waals surface area contributed by atoms with Crippen LogP contribution in [0.5, 0.6) is 0 Å². The standard InChI is InChI=1S/C19H11Cl3O4/c20-12-3-1-11(2-4-12)16(23)10-25-19(24)18-8-7-17(26-18)14-9-13(21)5-6-15(14)22/h1-9H,10H2. The summed E-state index contributed by atoms with van der Waals surface area (Å²) in [6, 6.07) is 14.2. The van der Waals surface area contributed by atoms with E-state index in [2.05, 4.69) is 0 Å². The lowest BCUT2D eigenvalue weighted by molar-refractivity contribution is 0.0445. The maximum Gasteiger partial charge on any atom is 0.374 e. The molecular formula is C19H11Cl3O4. The van der Waals surface area contributed by atoms with Crippen molar-refractivity contribution in [1.82, 2.24) is 0 Å². The number of Topliss-reactive ketones (excluding diaryl/α,β-unsaturated/α-hetero) is 1. The van der Waals surface area contributed by atoms with E-state index in [0.717, 1.165) is 0 Å². The minimum atomic E-state index is -0.753. The summed E-state index contributed by atoms with van der Waals surface area (Å²) in [6.07, 6.45) is 0. The molecule has 0 N–H and O–H groups in total. The van der Waals surface area contributed by atoms with Crippen LogP contribution >= 0.6 is 34.8 Å². The Bertz CT molecular complexity index is 961. The van der Waals surface area contributed by atoms with Crippen LogP contribution in [0.2, 0.25) is 15.1 Å². The van der Waals surface area contributed by atoms with Crippen molar-refractivity contribution in [3.8, 4) is 11.3 Å². The predicted octanol–water partition coefficient (Wildman–Crippen LogP) is 5.95. The first kappa shape index (κ1) is 18.5. The van der Waals surface area contributed by atoms with Gasteiger partial charge in [-0.15, -0.1) is 0 Å². The number of ketones is 1. The number of hydrogen-bond acceptors (Lipinski definition) is 4. The van der Waals surface area contributed by atoms with Gasteiger partial charge < -0.3 is 9.15 Å². The van der Waals surface area contributed by atoms with Crippen molar-refractivity contribution in [1.29, 1.82) is 0 Å². The highest BCUT2D eigenvalue weighted by Crippen LogP contribution is 2.31. The second kappa shape index (κ2) is 7.96. The minimum Gasteiger partial charge on any atom is -0.451 e. The first-order valence-corrected chi connectivity index (χ1v) is 8.58. The van der Waals surface area contributed by atoms with Crippen LogP contribution < -0.4 is 0 Å². The third-order valence-electron chi connectivity index (χ3n) is 3.50. The van der Waals surface area contributed by atoms with Crippen LogP contribution in [0.15, 0.2) is 59.0 Å². The predicted molar refractivity (Wildman–Crippen MR) is 100 cm³/mol. The Hall–Kier alpha value is -2.27. The molecule has 0 aliphatic carbocycles. The van der Waals surface area contributed by atoms with Gasteiger partial charge in [0, 0.05) is 21.2 Å². The van der Waals surface area contributed by atoms with Gasteiger partial charge in [0.2, 0.25) is 5.76 Å². The summed E-state index contributed by atoms with van der Waals surface area (Å²) in [4.78, 5) is 24.1. The third kappa shape index (κ3) is 4.28. The molecule has 7 heteroatoms. The van der Waals surface area contributed by atoms with Gasteiger partial charge in [-0.05, 0) is 54.6 Å². The van der Waals surface area contributed by atoms with Gasteiger partial charge in [0.15, 0.2) is 12.4 Å². The molecule has 0 aliphatic heterocycles. The molecule has 0 spiro atoms. The van der Waals surface area contributed by atoms with E-state index >= 15 is 0 Å². The molecule has 1 aromatic heterocycles. The fourth-order valence-electron chi connectivity index (χ4n) is 2.20. The molecule has 0 radical (unpaired) electrons. The number of esters is 1. The van der Waals surface area contributed by atoms with Gasteiger partial charge >= 0.3 is 5.97 Å². The molecule has 4 nitrogen and oxygen atoms in total. The number of benzene rings is 2. The Balaban J connectivity index is 1.67. The zero-order valence-electron chi connectivity index (χ0n) is 13.2. The first-order chi connectivity index (χ1) is 12.4. The maximum absolute atomic E-state index is 12.1. The van der Waals surface area contributed by atoms with E-state index in [1.807, 2.05) is 0 Å². The van der Waals surface area contributed by atoms with Gasteiger partial charge in [-0.1, -0.05) is 34.8 Å². The molecule has 132 valence electrons. The molecule has 1 heterocycles. The summed E-state index contributed by atoms with van der Waals surface area (Å²) in [7, 11) is 0. The van der Waals surface area contributed by atoms with Gasteiger partial charge in [0.05, 0.1) is 5.02 Å². The fourth-order valence-corrected chi connectivity index (χ4v) is 2.71. The van der Waals surface area contributed by atoms with Crippen LogP contribution in [-0.2, 0) is 4.74 Å². The monoisotopic (exact) mass is 408 g/mol. The zero-order valence-corrected chi connectivity index (χ0v) is 15.4. The summed E-state index contributed by atoms with van der Waals surface area (Å²) < 4.78 is 10.5. The van der Waals surface area contributed by atoms with Gasteiger partial charge in [-0.25, -0.2) is 4.79 Å². The van der Waals surface area contributed by atoms with E-state index in [-0.39, 0.29) is 11.5 Å². The Labute approximate surface area is 164 Å². The molecule has 2 aromatic carbocycles. The first-order valence-electron chi connectivity index (χ1n) is 7.45. The van der Waals surface area contributed by atoms with Crippen LogP contribution in [0, 0.1) is 0 Å². The van der Waals surface area contributed by atoms with Crippen LogP contribution in [0.1, 0.15) is 20.9 Å². The molecule has 0 fully saturated rings. The van der Waals surface area contributed by atoms with Crippen LogP contribution in [0.3, 0.4) is 0 Å². The Morgan fingerprint density at radius 1 is 0.885 bits per heavy atom. The Kier molecular flexibility index (Phi) is 5.67. The molecule has 0 aliphatic rings. The van der Waals surface area contributed by atoms with Crippen molar-refractivity contribution in [2.45, 2.75) is 0 Å². The molecule has 3 rings (SSSR count). The number of halogens is 3. The van der Waals surface area contributed by atoms with Crippen molar-refractivity contribution in [3.05, 3.63) is 81.0 Å². The molecular weight excluding hydrogens is 399 g/mol. The quantitative estimate of drug-likeness (QED) is 0.386. The van der Waals surface area contributed by atoms with Gasteiger partial charge in [0.1, 0.15) is 5.76 Å². The molecule has 0 bridgehead atoms. The van der Waals surface area contributed by atoms with E-state index in [1.165, 1.54) is 6.07 Å². The third-order valence-corrected chi connectivity index (χ3v) is 4.32. The van der Waals surface area contributed by atoms with Crippen molar-refractivity contribution < 1.29 is 18.7 Å². The second-order valence-electron chi connectivity index (χ2n) is 5.29. The Morgan fingerprint density at radius 2 is 1.58 bits per heavy atom. The van der Waals surface area contributed by atoms with Gasteiger partial charge in [-0.2, -0.15) is 0 Å². The molecule has 0 unspecified atom stereocenters. The lowest BCUT2D eigenvalue weighted by Crippen LogP contribution is -2.13. The average molecular weight is 410 g/mol. The molecule has 0 amide bonds. The molecule has 0 saturated carbocycles. The topological polar surface area (TPSA) is 56.5 Å². The summed E-state index contributed by atoms with van der Waals surface area (Å²) in [5.41, 5.74) is 0.948. The van der Waals surface area contributed by atoms with Crippen molar-refractivity contribution in [2.75, 3.05) is 6.61 Å². The number of ether oxygens (including phenoxy) is 1. The van der Waals surface area contributed by atoms with E-state index in [9.17, 15) is 9.59 Å². The second-order valence-corrected chi connectivity index (χ2v) is 6.57. The Morgan fingerprint density at radius 3 is 2.31 bits per heavy atom. The van der Waals surface area contributed by atoms with Gasteiger partial charge in [0.25, 0.3) is 0 Å². The zero-order chi connectivity index (χ0) is 18.7. The fraction of sp³-hybridized carbons (Fsp3) is 0.0526. The summed E-state index contributed by atoms with van der Waals surface area (Å²) >= 11 is 17.8. The molecule has 3 aromatic rings. The average Bonchev–Trinajstić information content (AvgIpc) is 3.12. The minimum absolute atomic E-state index is 0.0417. The molecule has 26 heavy (non-hydrogen) atoms. The highest BCUT2D eigenvalue weighted by molar-refractivity contribution is 6.35. The van der Waals surface area contributed by atoms with E-state index in [0.29, 0.717) is 32.0 Å². The number of rotatable bonds is 5. The maximum atomic E-state index is 12.1. The number of carbonyl (C=O) groups excluding carboxylic acids is 2. The van der Waals surface area contributed by atoms with Crippen LogP contribution in [0.25, 0.3) is 11.3 Å². The highest BCUT2D eigenvalue weighted by Gasteiger charge is 2.17. The van der Waals surface area contributed by atoms with Crippen molar-refractivity contribution in [3.63, 3.8) is 0 Å². The summed E-state index contributed by atoms with van der Waals surface area (Å²) in [6.45, 7) is -0.408. The van der Waals surface area contributed by atoms with Crippen LogP contribution in [0.4, 0.5) is 0 Å². The van der Waals surface area contributed by atoms with Crippen molar-refractivity contribution in [2.24, 2.45) is 0 Å². The van der Waals surface area contributed by atoms with E-state index in [4.69, 9.17) is 44.0 Å². The SMILES string of the molecule is O=C(COC(=O)c1ccc(-c2cc(Cl)ccc2Cl)o1)c1ccc(Cl)cc1. The van der Waals surface area contributed by atoms with E-state index in [1.54, 1.807) is 48.5 Å². The number of furan rings is 1. The number of carbonyl (C=O) groups is 2. The summed E-state index contributed by atoms with van der Waals surface area (Å²) in [5.74, 6) is -0.773.